The lowest BCUT2D eigenvalue weighted by molar-refractivity contribution is -0.136. The summed E-state index contributed by atoms with van der Waals surface area (Å²) in [7, 11) is 0. The third-order valence-corrected chi connectivity index (χ3v) is 3.67. The van der Waals surface area contributed by atoms with Gasteiger partial charge in [0, 0.05) is 41.5 Å². The summed E-state index contributed by atoms with van der Waals surface area (Å²) in [6, 6.07) is 6.66. The number of halogens is 3. The minimum atomic E-state index is -4.14. The SMILES string of the molecule is O=c1ccc2c3c(ccc2[nH]1)NCC3CCC(F)(F)F. The van der Waals surface area contributed by atoms with E-state index in [1.165, 1.54) is 6.07 Å². The van der Waals surface area contributed by atoms with Crippen LogP contribution in [0.5, 0.6) is 0 Å². The number of hydrogen-bond acceptors (Lipinski definition) is 2. The topological polar surface area (TPSA) is 44.9 Å². The number of nitrogens with one attached hydrogen (secondary N) is 2. The monoisotopic (exact) mass is 282 g/mol. The fourth-order valence-electron chi connectivity index (χ4n) is 2.77. The lowest BCUT2D eigenvalue weighted by Crippen LogP contribution is -2.11. The van der Waals surface area contributed by atoms with Crippen LogP contribution in [0.3, 0.4) is 0 Å². The van der Waals surface area contributed by atoms with Gasteiger partial charge in [0.25, 0.3) is 0 Å². The second-order valence-corrected chi connectivity index (χ2v) is 5.04. The van der Waals surface area contributed by atoms with Crippen molar-refractivity contribution >= 4 is 16.6 Å². The van der Waals surface area contributed by atoms with Crippen molar-refractivity contribution < 1.29 is 13.2 Å². The molecule has 0 aliphatic carbocycles. The van der Waals surface area contributed by atoms with Crippen molar-refractivity contribution in [1.29, 1.82) is 0 Å². The fourth-order valence-corrected chi connectivity index (χ4v) is 2.77. The second-order valence-electron chi connectivity index (χ2n) is 5.04. The molecule has 1 aromatic carbocycles. The van der Waals surface area contributed by atoms with Crippen molar-refractivity contribution in [2.45, 2.75) is 24.9 Å². The van der Waals surface area contributed by atoms with Gasteiger partial charge in [-0.3, -0.25) is 4.79 Å². The summed E-state index contributed by atoms with van der Waals surface area (Å²) in [5.74, 6) is -0.179. The molecule has 0 saturated heterocycles. The first-order valence-electron chi connectivity index (χ1n) is 6.40. The van der Waals surface area contributed by atoms with E-state index < -0.39 is 12.6 Å². The maximum Gasteiger partial charge on any atom is 0.389 e. The third-order valence-electron chi connectivity index (χ3n) is 3.67. The van der Waals surface area contributed by atoms with E-state index in [0.717, 1.165) is 16.6 Å². The highest BCUT2D eigenvalue weighted by Crippen LogP contribution is 2.40. The van der Waals surface area contributed by atoms with Gasteiger partial charge in [-0.25, -0.2) is 0 Å². The largest absolute Gasteiger partial charge is 0.389 e. The highest BCUT2D eigenvalue weighted by atomic mass is 19.4. The van der Waals surface area contributed by atoms with Crippen molar-refractivity contribution in [3.8, 4) is 0 Å². The molecule has 6 heteroatoms. The standard InChI is InChI=1S/C14H13F3N2O/c15-14(16,17)6-5-8-7-18-11-3-2-10-9(13(8)11)1-4-12(20)19-10/h1-4,8,18H,5-7H2,(H,19,20). The molecule has 106 valence electrons. The van der Waals surface area contributed by atoms with Crippen LogP contribution in [0, 0.1) is 0 Å². The van der Waals surface area contributed by atoms with Gasteiger partial charge in [0.15, 0.2) is 0 Å². The van der Waals surface area contributed by atoms with Crippen LogP contribution in [0.25, 0.3) is 10.9 Å². The summed E-state index contributed by atoms with van der Waals surface area (Å²) in [6.45, 7) is 0.504. The number of fused-ring (bicyclic) bond motifs is 3. The molecule has 0 saturated carbocycles. The molecule has 1 aliphatic heterocycles. The maximum absolute atomic E-state index is 12.4. The number of aromatic amines is 1. The highest BCUT2D eigenvalue weighted by Gasteiger charge is 2.31. The Morgan fingerprint density at radius 1 is 1.20 bits per heavy atom. The second kappa shape index (κ2) is 4.54. The van der Waals surface area contributed by atoms with Crippen LogP contribution in [0.1, 0.15) is 24.3 Å². The van der Waals surface area contributed by atoms with E-state index in [0.29, 0.717) is 12.1 Å². The van der Waals surface area contributed by atoms with E-state index in [9.17, 15) is 18.0 Å². The zero-order valence-electron chi connectivity index (χ0n) is 10.6. The van der Waals surface area contributed by atoms with Gasteiger partial charge in [-0.1, -0.05) is 0 Å². The fraction of sp³-hybridized carbons (Fsp3) is 0.357. The van der Waals surface area contributed by atoms with Crippen LogP contribution < -0.4 is 10.9 Å². The number of benzene rings is 1. The highest BCUT2D eigenvalue weighted by molar-refractivity contribution is 5.89. The van der Waals surface area contributed by atoms with Crippen LogP contribution in [0.2, 0.25) is 0 Å². The molecule has 3 rings (SSSR count). The zero-order valence-corrected chi connectivity index (χ0v) is 10.6. The molecule has 20 heavy (non-hydrogen) atoms. The molecule has 3 nitrogen and oxygen atoms in total. The van der Waals surface area contributed by atoms with Gasteiger partial charge in [0.2, 0.25) is 5.56 Å². The van der Waals surface area contributed by atoms with Crippen molar-refractivity contribution in [3.63, 3.8) is 0 Å². The Morgan fingerprint density at radius 3 is 2.75 bits per heavy atom. The average molecular weight is 282 g/mol. The van der Waals surface area contributed by atoms with E-state index >= 15 is 0 Å². The summed E-state index contributed by atoms with van der Waals surface area (Å²) in [4.78, 5) is 14.0. The molecule has 0 spiro atoms. The Labute approximate surface area is 112 Å². The van der Waals surface area contributed by atoms with Crippen LogP contribution in [0.15, 0.2) is 29.1 Å². The van der Waals surface area contributed by atoms with Gasteiger partial charge in [-0.05, 0) is 30.2 Å². The summed E-state index contributed by atoms with van der Waals surface area (Å²) < 4.78 is 37.2. The van der Waals surface area contributed by atoms with E-state index in [1.54, 1.807) is 18.2 Å². The van der Waals surface area contributed by atoms with Crippen molar-refractivity contribution in [2.75, 3.05) is 11.9 Å². The van der Waals surface area contributed by atoms with Gasteiger partial charge in [-0.2, -0.15) is 13.2 Å². The Kier molecular flexibility index (Phi) is 2.96. The van der Waals surface area contributed by atoms with Crippen molar-refractivity contribution in [3.05, 3.63) is 40.2 Å². The van der Waals surface area contributed by atoms with Gasteiger partial charge in [0.1, 0.15) is 0 Å². The first kappa shape index (κ1) is 13.0. The summed E-state index contributed by atoms with van der Waals surface area (Å²) in [5.41, 5.74) is 2.19. The normalized spacial score (nSPS) is 18.1. The van der Waals surface area contributed by atoms with Crippen LogP contribution >= 0.6 is 0 Å². The Hall–Kier alpha value is -1.98. The maximum atomic E-state index is 12.4. The van der Waals surface area contributed by atoms with Crippen molar-refractivity contribution in [1.82, 2.24) is 4.98 Å². The molecule has 1 unspecified atom stereocenters. The Morgan fingerprint density at radius 2 is 2.00 bits per heavy atom. The number of H-pyrrole nitrogens is 1. The summed E-state index contributed by atoms with van der Waals surface area (Å²) in [6.07, 6.45) is -4.87. The molecule has 1 aliphatic rings. The van der Waals surface area contributed by atoms with Gasteiger partial charge in [-0.15, -0.1) is 0 Å². The molecule has 1 atom stereocenters. The molecule has 0 amide bonds. The molecule has 2 aromatic rings. The molecule has 2 heterocycles. The number of rotatable bonds is 2. The van der Waals surface area contributed by atoms with Crippen LogP contribution in [0.4, 0.5) is 18.9 Å². The lowest BCUT2D eigenvalue weighted by Gasteiger charge is -2.14. The third kappa shape index (κ3) is 2.37. The molecule has 0 radical (unpaired) electrons. The zero-order chi connectivity index (χ0) is 14.3. The van der Waals surface area contributed by atoms with E-state index in [2.05, 4.69) is 10.3 Å². The number of anilines is 1. The minimum Gasteiger partial charge on any atom is -0.384 e. The first-order chi connectivity index (χ1) is 9.44. The molecule has 0 bridgehead atoms. The predicted octanol–water partition coefficient (Wildman–Crippen LogP) is 3.38. The minimum absolute atomic E-state index is 0.0573. The van der Waals surface area contributed by atoms with Gasteiger partial charge < -0.3 is 10.3 Å². The van der Waals surface area contributed by atoms with Crippen molar-refractivity contribution in [2.24, 2.45) is 0 Å². The summed E-state index contributed by atoms with van der Waals surface area (Å²) >= 11 is 0. The summed E-state index contributed by atoms with van der Waals surface area (Å²) in [5, 5.41) is 3.95. The van der Waals surface area contributed by atoms with Gasteiger partial charge >= 0.3 is 6.18 Å². The quantitative estimate of drug-likeness (QED) is 0.887. The number of pyridine rings is 1. The number of alkyl halides is 3. The Balaban J connectivity index is 2.00. The molecule has 1 aromatic heterocycles. The molecule has 2 N–H and O–H groups in total. The predicted molar refractivity (Wildman–Crippen MR) is 71.1 cm³/mol. The molecular weight excluding hydrogens is 269 g/mol. The van der Waals surface area contributed by atoms with E-state index in [-0.39, 0.29) is 17.9 Å². The van der Waals surface area contributed by atoms with E-state index in [1.807, 2.05) is 0 Å². The molecular formula is C14H13F3N2O. The van der Waals surface area contributed by atoms with Gasteiger partial charge in [0.05, 0.1) is 0 Å². The Bertz CT molecular complexity index is 706. The van der Waals surface area contributed by atoms with Crippen LogP contribution in [-0.2, 0) is 0 Å². The number of aromatic nitrogens is 1. The van der Waals surface area contributed by atoms with Crippen LogP contribution in [-0.4, -0.2) is 17.7 Å². The first-order valence-corrected chi connectivity index (χ1v) is 6.40. The van der Waals surface area contributed by atoms with E-state index in [4.69, 9.17) is 0 Å². The number of hydrogen-bond donors (Lipinski definition) is 2. The average Bonchev–Trinajstić information content (AvgIpc) is 2.78. The lowest BCUT2D eigenvalue weighted by atomic mass is 9.93. The smallest absolute Gasteiger partial charge is 0.384 e. The molecule has 0 fully saturated rings.